The van der Waals surface area contributed by atoms with Gasteiger partial charge in [0.2, 0.25) is 5.56 Å². The quantitative estimate of drug-likeness (QED) is 0.545. The van der Waals surface area contributed by atoms with Crippen LogP contribution in [0, 0.1) is 0 Å². The van der Waals surface area contributed by atoms with E-state index in [0.717, 1.165) is 16.5 Å². The number of H-pyrrole nitrogens is 1. The number of halogens is 2. The first-order chi connectivity index (χ1) is 12.6. The molecular weight excluding hydrogens is 373 g/mol. The van der Waals surface area contributed by atoms with Crippen LogP contribution in [-0.2, 0) is 13.0 Å². The molecule has 0 aliphatic heterocycles. The van der Waals surface area contributed by atoms with Crippen LogP contribution in [0.5, 0.6) is 0 Å². The van der Waals surface area contributed by atoms with Crippen molar-refractivity contribution in [3.05, 3.63) is 86.3 Å². The van der Waals surface area contributed by atoms with Gasteiger partial charge in [-0.25, -0.2) is 9.97 Å². The third kappa shape index (κ3) is 3.47. The third-order valence-corrected chi connectivity index (χ3v) is 4.66. The van der Waals surface area contributed by atoms with Gasteiger partial charge >= 0.3 is 0 Å². The third-order valence-electron chi connectivity index (χ3n) is 4.01. The Morgan fingerprint density at radius 1 is 1.00 bits per heavy atom. The van der Waals surface area contributed by atoms with Gasteiger partial charge in [-0.3, -0.25) is 9.48 Å². The molecule has 26 heavy (non-hydrogen) atoms. The topological polar surface area (TPSA) is 76.5 Å². The maximum absolute atomic E-state index is 11.4. The van der Waals surface area contributed by atoms with Crippen molar-refractivity contribution in [1.29, 1.82) is 0 Å². The minimum atomic E-state index is -0.159. The zero-order chi connectivity index (χ0) is 18.1. The van der Waals surface area contributed by atoms with E-state index < -0.39 is 0 Å². The van der Waals surface area contributed by atoms with Crippen molar-refractivity contribution in [1.82, 2.24) is 24.7 Å². The van der Waals surface area contributed by atoms with Crippen molar-refractivity contribution in [3.8, 4) is 0 Å². The van der Waals surface area contributed by atoms with E-state index in [1.165, 1.54) is 12.4 Å². The van der Waals surface area contributed by atoms with E-state index in [2.05, 4.69) is 20.1 Å². The fourth-order valence-corrected chi connectivity index (χ4v) is 3.07. The summed E-state index contributed by atoms with van der Waals surface area (Å²) in [5.41, 5.74) is 3.26. The summed E-state index contributed by atoms with van der Waals surface area (Å²) in [6.07, 6.45) is 3.79. The van der Waals surface area contributed by atoms with Crippen molar-refractivity contribution in [2.45, 2.75) is 13.0 Å². The molecule has 0 fully saturated rings. The molecule has 0 aliphatic carbocycles. The molecule has 0 unspecified atom stereocenters. The van der Waals surface area contributed by atoms with Gasteiger partial charge in [0.25, 0.3) is 0 Å². The Hall–Kier alpha value is -2.70. The fraction of sp³-hybridized carbons (Fsp3) is 0.111. The van der Waals surface area contributed by atoms with Crippen LogP contribution in [0.15, 0.2) is 53.7 Å². The molecule has 0 radical (unpaired) electrons. The second-order valence-corrected chi connectivity index (χ2v) is 6.64. The van der Waals surface area contributed by atoms with Gasteiger partial charge in [0.15, 0.2) is 5.65 Å². The summed E-state index contributed by atoms with van der Waals surface area (Å²) in [4.78, 5) is 22.3. The second-order valence-electron chi connectivity index (χ2n) is 5.87. The lowest BCUT2D eigenvalue weighted by Gasteiger charge is -2.06. The Balaban J connectivity index is 1.53. The van der Waals surface area contributed by atoms with Crippen LogP contribution >= 0.6 is 23.2 Å². The molecule has 1 aromatic carbocycles. The van der Waals surface area contributed by atoms with Gasteiger partial charge in [0.05, 0.1) is 17.0 Å². The number of aromatic nitrogens is 5. The SMILES string of the molecule is O=c1ccc(Cl)c(Cc2ccc(Cn3cc4c(Cl)ncnc4n3)cc2)[nH]1. The fourth-order valence-electron chi connectivity index (χ4n) is 2.72. The number of benzene rings is 1. The maximum atomic E-state index is 11.4. The van der Waals surface area contributed by atoms with Gasteiger partial charge in [-0.2, -0.15) is 5.10 Å². The highest BCUT2D eigenvalue weighted by molar-refractivity contribution is 6.33. The standard InChI is InChI=1S/C18H13Cl2N5O/c19-14-5-6-16(26)23-15(14)7-11-1-3-12(4-2-11)8-25-9-13-17(20)21-10-22-18(13)24-25/h1-6,9-10H,7-8H2,(H,23,26). The van der Waals surface area contributed by atoms with Gasteiger partial charge in [-0.15, -0.1) is 0 Å². The number of rotatable bonds is 4. The molecule has 0 saturated carbocycles. The molecular formula is C18H13Cl2N5O. The van der Waals surface area contributed by atoms with E-state index in [-0.39, 0.29) is 5.56 Å². The molecule has 0 amide bonds. The molecule has 130 valence electrons. The van der Waals surface area contributed by atoms with Gasteiger partial charge < -0.3 is 4.98 Å². The molecule has 0 bridgehead atoms. The van der Waals surface area contributed by atoms with E-state index in [0.29, 0.717) is 34.5 Å². The molecule has 4 aromatic rings. The van der Waals surface area contributed by atoms with Crippen LogP contribution in [-0.4, -0.2) is 24.7 Å². The summed E-state index contributed by atoms with van der Waals surface area (Å²) in [5, 5.41) is 6.08. The normalized spacial score (nSPS) is 11.2. The van der Waals surface area contributed by atoms with E-state index in [4.69, 9.17) is 23.2 Å². The summed E-state index contributed by atoms with van der Waals surface area (Å²) in [6.45, 7) is 0.593. The van der Waals surface area contributed by atoms with Crippen molar-refractivity contribution < 1.29 is 0 Å². The lowest BCUT2D eigenvalue weighted by molar-refractivity contribution is 0.693. The molecule has 0 saturated heterocycles. The number of hydrogen-bond donors (Lipinski definition) is 1. The minimum absolute atomic E-state index is 0.159. The van der Waals surface area contributed by atoms with Crippen molar-refractivity contribution in [2.75, 3.05) is 0 Å². The lowest BCUT2D eigenvalue weighted by atomic mass is 10.1. The second kappa shape index (κ2) is 6.90. The zero-order valence-corrected chi connectivity index (χ0v) is 15.0. The van der Waals surface area contributed by atoms with E-state index in [1.807, 2.05) is 30.5 Å². The van der Waals surface area contributed by atoms with Crippen LogP contribution in [0.3, 0.4) is 0 Å². The molecule has 6 nitrogen and oxygen atoms in total. The smallest absolute Gasteiger partial charge is 0.248 e. The van der Waals surface area contributed by atoms with Crippen LogP contribution in [0.2, 0.25) is 10.2 Å². The Labute approximate surface area is 158 Å². The van der Waals surface area contributed by atoms with E-state index in [1.54, 1.807) is 10.7 Å². The first kappa shape index (κ1) is 16.8. The predicted molar refractivity (Wildman–Crippen MR) is 101 cm³/mol. The highest BCUT2D eigenvalue weighted by Crippen LogP contribution is 2.19. The Morgan fingerprint density at radius 2 is 1.77 bits per heavy atom. The van der Waals surface area contributed by atoms with Crippen LogP contribution < -0.4 is 5.56 Å². The average molecular weight is 386 g/mol. The molecule has 4 rings (SSSR count). The summed E-state index contributed by atoms with van der Waals surface area (Å²) in [7, 11) is 0. The molecule has 1 N–H and O–H groups in total. The van der Waals surface area contributed by atoms with Gasteiger partial charge in [-0.1, -0.05) is 47.5 Å². The molecule has 0 aliphatic rings. The van der Waals surface area contributed by atoms with Gasteiger partial charge in [0.1, 0.15) is 11.5 Å². The number of aromatic amines is 1. The van der Waals surface area contributed by atoms with Crippen molar-refractivity contribution in [2.24, 2.45) is 0 Å². The average Bonchev–Trinajstić information content (AvgIpc) is 3.04. The Bertz CT molecular complexity index is 1130. The summed E-state index contributed by atoms with van der Waals surface area (Å²) in [6, 6.07) is 11.1. The first-order valence-corrected chi connectivity index (χ1v) is 8.63. The number of hydrogen-bond acceptors (Lipinski definition) is 4. The lowest BCUT2D eigenvalue weighted by Crippen LogP contribution is -2.07. The largest absolute Gasteiger partial charge is 0.324 e. The van der Waals surface area contributed by atoms with Crippen LogP contribution in [0.25, 0.3) is 11.0 Å². The number of pyridine rings is 1. The monoisotopic (exact) mass is 385 g/mol. The zero-order valence-electron chi connectivity index (χ0n) is 13.5. The molecule has 3 aromatic heterocycles. The predicted octanol–water partition coefficient (Wildman–Crippen LogP) is 3.46. The Kier molecular flexibility index (Phi) is 4.44. The minimum Gasteiger partial charge on any atom is -0.324 e. The summed E-state index contributed by atoms with van der Waals surface area (Å²) in [5.74, 6) is 0. The number of nitrogens with zero attached hydrogens (tertiary/aromatic N) is 4. The number of nitrogens with one attached hydrogen (secondary N) is 1. The van der Waals surface area contributed by atoms with Crippen LogP contribution in [0.1, 0.15) is 16.8 Å². The summed E-state index contributed by atoms with van der Waals surface area (Å²) < 4.78 is 1.78. The highest BCUT2D eigenvalue weighted by atomic mass is 35.5. The van der Waals surface area contributed by atoms with Gasteiger partial charge in [-0.05, 0) is 17.2 Å². The number of fused-ring (bicyclic) bond motifs is 1. The van der Waals surface area contributed by atoms with E-state index >= 15 is 0 Å². The van der Waals surface area contributed by atoms with Gasteiger partial charge in [0, 0.05) is 24.4 Å². The highest BCUT2D eigenvalue weighted by Gasteiger charge is 2.07. The molecule has 8 heteroatoms. The van der Waals surface area contributed by atoms with Crippen LogP contribution in [0.4, 0.5) is 0 Å². The molecule has 3 heterocycles. The Morgan fingerprint density at radius 3 is 2.54 bits per heavy atom. The van der Waals surface area contributed by atoms with E-state index in [9.17, 15) is 4.79 Å². The van der Waals surface area contributed by atoms with Crippen molar-refractivity contribution >= 4 is 34.2 Å². The maximum Gasteiger partial charge on any atom is 0.248 e. The summed E-state index contributed by atoms with van der Waals surface area (Å²) >= 11 is 12.2. The molecule has 0 spiro atoms. The van der Waals surface area contributed by atoms with Crippen molar-refractivity contribution in [3.63, 3.8) is 0 Å². The first-order valence-electron chi connectivity index (χ1n) is 7.88. The molecule has 0 atom stereocenters.